The Balaban J connectivity index is 2.81. The minimum atomic E-state index is -1.50. The molecule has 0 aliphatic carbocycles. The second kappa shape index (κ2) is 5.76. The van der Waals surface area contributed by atoms with Crippen molar-refractivity contribution in [3.8, 4) is 17.0 Å². The number of nitrogen functional groups attached to an aromatic ring is 1. The van der Waals surface area contributed by atoms with Crippen molar-refractivity contribution in [2.75, 3.05) is 12.8 Å². The highest BCUT2D eigenvalue weighted by molar-refractivity contribution is 6.35. The number of aromatic nitrogens is 1. The number of carbonyl (C=O) groups is 1. The summed E-state index contributed by atoms with van der Waals surface area (Å²) in [7, 11) is 1.26. The fourth-order valence-electron chi connectivity index (χ4n) is 1.97. The number of methoxy groups -OCH3 is 1. The smallest absolute Gasteiger partial charge is 0.356 e. The van der Waals surface area contributed by atoms with E-state index < -0.39 is 39.7 Å². The van der Waals surface area contributed by atoms with Crippen LogP contribution in [0, 0.1) is 18.6 Å². The van der Waals surface area contributed by atoms with E-state index in [1.54, 1.807) is 6.92 Å². The van der Waals surface area contributed by atoms with Gasteiger partial charge in [0, 0.05) is 5.56 Å². The Morgan fingerprint density at radius 3 is 2.55 bits per heavy atom. The van der Waals surface area contributed by atoms with E-state index in [-0.39, 0.29) is 11.3 Å². The fourth-order valence-corrected chi connectivity index (χ4v) is 2.17. The number of hydrogen-bond acceptors (Lipinski definition) is 4. The van der Waals surface area contributed by atoms with Gasteiger partial charge in [0.05, 0.1) is 17.8 Å². The van der Waals surface area contributed by atoms with E-state index in [1.165, 1.54) is 19.2 Å². The number of carboxylic acids is 1. The highest BCUT2D eigenvalue weighted by atomic mass is 35.5. The molecule has 0 radical (unpaired) electrons. The zero-order chi connectivity index (χ0) is 16.6. The number of benzene rings is 1. The summed E-state index contributed by atoms with van der Waals surface area (Å²) < 4.78 is 33.6. The Labute approximate surface area is 129 Å². The van der Waals surface area contributed by atoms with Crippen LogP contribution in [0.4, 0.5) is 14.5 Å². The summed E-state index contributed by atoms with van der Waals surface area (Å²) in [6.07, 6.45) is 0. The lowest BCUT2D eigenvalue weighted by Crippen LogP contribution is -2.09. The topological polar surface area (TPSA) is 85.4 Å². The van der Waals surface area contributed by atoms with E-state index in [2.05, 4.69) is 4.98 Å². The highest BCUT2D eigenvalue weighted by Crippen LogP contribution is 2.36. The van der Waals surface area contributed by atoms with Crippen LogP contribution >= 0.6 is 11.6 Å². The normalized spacial score (nSPS) is 10.6. The van der Waals surface area contributed by atoms with E-state index in [4.69, 9.17) is 27.2 Å². The molecule has 1 aromatic heterocycles. The average Bonchev–Trinajstić information content (AvgIpc) is 2.46. The minimum Gasteiger partial charge on any atom is -0.493 e. The first-order valence-electron chi connectivity index (χ1n) is 6.00. The van der Waals surface area contributed by atoms with Gasteiger partial charge in [0.25, 0.3) is 0 Å². The standard InChI is InChI=1S/C14H11ClF2N2O3/c1-5-3-4-6(8(16)13(5)22-2)11-9(17)10(18)7(15)12(19-11)14(20)21/h3-4H,1-2H3,(H2,18,19)(H,20,21). The maximum absolute atomic E-state index is 14.4. The number of aryl methyl sites for hydroxylation is 1. The summed E-state index contributed by atoms with van der Waals surface area (Å²) in [5.74, 6) is -3.56. The van der Waals surface area contributed by atoms with Crippen LogP contribution in [0.15, 0.2) is 12.1 Å². The molecular formula is C14H11ClF2N2O3. The first-order valence-corrected chi connectivity index (χ1v) is 6.38. The SMILES string of the molecule is COc1c(C)ccc(-c2nc(C(=O)O)c(Cl)c(N)c2F)c1F. The molecule has 0 saturated carbocycles. The molecule has 0 atom stereocenters. The molecule has 0 spiro atoms. The van der Waals surface area contributed by atoms with Crippen LogP contribution in [0.2, 0.25) is 5.02 Å². The lowest BCUT2D eigenvalue weighted by atomic mass is 10.1. The van der Waals surface area contributed by atoms with Crippen LogP contribution in [-0.2, 0) is 0 Å². The number of nitrogens with zero attached hydrogens (tertiary/aromatic N) is 1. The van der Waals surface area contributed by atoms with Gasteiger partial charge in [0.15, 0.2) is 23.1 Å². The largest absolute Gasteiger partial charge is 0.493 e. The number of hydrogen-bond donors (Lipinski definition) is 2. The number of nitrogens with two attached hydrogens (primary N) is 1. The third-order valence-corrected chi connectivity index (χ3v) is 3.45. The molecule has 0 saturated heterocycles. The molecule has 5 nitrogen and oxygen atoms in total. The van der Waals surface area contributed by atoms with Crippen LogP contribution in [0.5, 0.6) is 5.75 Å². The van der Waals surface area contributed by atoms with Crippen molar-refractivity contribution >= 4 is 23.3 Å². The highest BCUT2D eigenvalue weighted by Gasteiger charge is 2.24. The van der Waals surface area contributed by atoms with Gasteiger partial charge in [-0.25, -0.2) is 18.6 Å². The molecular weight excluding hydrogens is 318 g/mol. The summed E-state index contributed by atoms with van der Waals surface area (Å²) in [4.78, 5) is 14.7. The summed E-state index contributed by atoms with van der Waals surface area (Å²) in [6.45, 7) is 1.61. The maximum atomic E-state index is 14.4. The summed E-state index contributed by atoms with van der Waals surface area (Å²) in [5.41, 5.74) is 3.85. The number of aromatic carboxylic acids is 1. The molecule has 0 aliphatic heterocycles. The number of halogens is 3. The van der Waals surface area contributed by atoms with Gasteiger partial charge in [-0.3, -0.25) is 0 Å². The molecule has 0 unspecified atom stereocenters. The van der Waals surface area contributed by atoms with E-state index >= 15 is 0 Å². The molecule has 0 aliphatic rings. The molecule has 0 amide bonds. The Morgan fingerprint density at radius 1 is 1.36 bits per heavy atom. The van der Waals surface area contributed by atoms with Gasteiger partial charge in [0.1, 0.15) is 5.69 Å². The number of anilines is 1. The molecule has 116 valence electrons. The van der Waals surface area contributed by atoms with Crippen LogP contribution in [0.3, 0.4) is 0 Å². The van der Waals surface area contributed by atoms with E-state index in [1.807, 2.05) is 0 Å². The lowest BCUT2D eigenvalue weighted by molar-refractivity contribution is 0.0691. The lowest BCUT2D eigenvalue weighted by Gasteiger charge is -2.13. The van der Waals surface area contributed by atoms with Crippen molar-refractivity contribution in [2.24, 2.45) is 0 Å². The maximum Gasteiger partial charge on any atom is 0.356 e. The summed E-state index contributed by atoms with van der Waals surface area (Å²) >= 11 is 5.65. The predicted molar refractivity (Wildman–Crippen MR) is 77.3 cm³/mol. The van der Waals surface area contributed by atoms with Crippen molar-refractivity contribution < 1.29 is 23.4 Å². The monoisotopic (exact) mass is 328 g/mol. The van der Waals surface area contributed by atoms with E-state index in [0.29, 0.717) is 5.56 Å². The third-order valence-electron chi connectivity index (χ3n) is 3.07. The molecule has 8 heteroatoms. The summed E-state index contributed by atoms with van der Waals surface area (Å²) in [6, 6.07) is 2.75. The van der Waals surface area contributed by atoms with E-state index in [0.717, 1.165) is 0 Å². The predicted octanol–water partition coefficient (Wildman–Crippen LogP) is 3.28. The Kier molecular flexibility index (Phi) is 4.18. The number of ether oxygens (including phenoxy) is 1. The summed E-state index contributed by atoms with van der Waals surface area (Å²) in [5, 5.41) is 8.49. The molecule has 0 fully saturated rings. The van der Waals surface area contributed by atoms with Crippen molar-refractivity contribution in [2.45, 2.75) is 6.92 Å². The number of carboxylic acid groups (broad SMARTS) is 1. The fraction of sp³-hybridized carbons (Fsp3) is 0.143. The first-order chi connectivity index (χ1) is 10.3. The molecule has 1 heterocycles. The zero-order valence-corrected chi connectivity index (χ0v) is 12.3. The number of rotatable bonds is 3. The van der Waals surface area contributed by atoms with Crippen molar-refractivity contribution in [1.29, 1.82) is 0 Å². The Morgan fingerprint density at radius 2 is 2.00 bits per heavy atom. The third kappa shape index (κ3) is 2.43. The molecule has 22 heavy (non-hydrogen) atoms. The quantitative estimate of drug-likeness (QED) is 0.903. The molecule has 2 aromatic rings. The average molecular weight is 329 g/mol. The molecule has 1 aromatic carbocycles. The van der Waals surface area contributed by atoms with Gasteiger partial charge in [0.2, 0.25) is 0 Å². The molecule has 0 bridgehead atoms. The van der Waals surface area contributed by atoms with Gasteiger partial charge < -0.3 is 15.6 Å². The molecule has 2 rings (SSSR count). The second-order valence-electron chi connectivity index (χ2n) is 4.43. The van der Waals surface area contributed by atoms with Gasteiger partial charge in [-0.1, -0.05) is 17.7 Å². The van der Waals surface area contributed by atoms with Crippen LogP contribution in [-0.4, -0.2) is 23.2 Å². The first kappa shape index (κ1) is 16.0. The van der Waals surface area contributed by atoms with Gasteiger partial charge in [-0.05, 0) is 18.6 Å². The second-order valence-corrected chi connectivity index (χ2v) is 4.81. The van der Waals surface area contributed by atoms with Crippen molar-refractivity contribution in [3.05, 3.63) is 40.0 Å². The Bertz CT molecular complexity index is 781. The number of pyridine rings is 1. The zero-order valence-electron chi connectivity index (χ0n) is 11.6. The molecule has 3 N–H and O–H groups in total. The van der Waals surface area contributed by atoms with Crippen LogP contribution < -0.4 is 10.5 Å². The van der Waals surface area contributed by atoms with Gasteiger partial charge in [-0.2, -0.15) is 0 Å². The minimum absolute atomic E-state index is 0.0934. The Hall–Kier alpha value is -2.41. The van der Waals surface area contributed by atoms with Crippen LogP contribution in [0.25, 0.3) is 11.3 Å². The van der Waals surface area contributed by atoms with E-state index in [9.17, 15) is 13.6 Å². The van der Waals surface area contributed by atoms with Crippen LogP contribution in [0.1, 0.15) is 16.1 Å². The van der Waals surface area contributed by atoms with Gasteiger partial charge >= 0.3 is 5.97 Å². The van der Waals surface area contributed by atoms with Crippen molar-refractivity contribution in [1.82, 2.24) is 4.98 Å². The van der Waals surface area contributed by atoms with Crippen molar-refractivity contribution in [3.63, 3.8) is 0 Å². The van der Waals surface area contributed by atoms with Gasteiger partial charge in [-0.15, -0.1) is 0 Å².